The molecule has 0 aromatic carbocycles. The van der Waals surface area contributed by atoms with Gasteiger partial charge in [-0.15, -0.1) is 0 Å². The first kappa shape index (κ1) is 11.3. The van der Waals surface area contributed by atoms with E-state index < -0.39 is 13.3 Å². The molecule has 0 amide bonds. The summed E-state index contributed by atoms with van der Waals surface area (Å²) in [6, 6.07) is 0. The molecule has 0 saturated heterocycles. The zero-order valence-electron chi connectivity index (χ0n) is 9.27. The van der Waals surface area contributed by atoms with Gasteiger partial charge in [-0.25, -0.2) is 0 Å². The molecule has 1 saturated carbocycles. The molecule has 1 aliphatic rings. The normalized spacial score (nSPS) is 25.6. The van der Waals surface area contributed by atoms with Crippen molar-refractivity contribution in [2.24, 2.45) is 5.92 Å². The highest BCUT2D eigenvalue weighted by molar-refractivity contribution is 6.79. The lowest BCUT2D eigenvalue weighted by Gasteiger charge is -2.43. The van der Waals surface area contributed by atoms with Crippen molar-refractivity contribution < 1.29 is 5.11 Å². The van der Waals surface area contributed by atoms with Gasteiger partial charge < -0.3 is 5.11 Å². The van der Waals surface area contributed by atoms with Crippen molar-refractivity contribution in [3.63, 3.8) is 0 Å². The zero-order valence-corrected chi connectivity index (χ0v) is 10.3. The van der Waals surface area contributed by atoms with Crippen molar-refractivity contribution in [3.8, 4) is 0 Å². The second-order valence-corrected chi connectivity index (χ2v) is 10.9. The second kappa shape index (κ2) is 3.74. The molecule has 0 spiro atoms. The highest BCUT2D eigenvalue weighted by Gasteiger charge is 2.43. The SMILES string of the molecule is [CH2]C(O)(C1CCCCC1)[Si](C)(C)C. The Morgan fingerprint density at radius 3 is 2.00 bits per heavy atom. The van der Waals surface area contributed by atoms with Crippen LogP contribution in [0.4, 0.5) is 0 Å². The molecule has 1 rings (SSSR count). The first-order valence-corrected chi connectivity index (χ1v) is 8.93. The van der Waals surface area contributed by atoms with E-state index in [4.69, 9.17) is 0 Å². The van der Waals surface area contributed by atoms with Gasteiger partial charge in [0.05, 0.1) is 13.3 Å². The van der Waals surface area contributed by atoms with Crippen LogP contribution in [0.15, 0.2) is 0 Å². The monoisotopic (exact) mass is 199 g/mol. The molecular formula is C11H23OSi. The molecule has 1 atom stereocenters. The van der Waals surface area contributed by atoms with Crippen LogP contribution in [-0.2, 0) is 0 Å². The molecule has 2 heteroatoms. The maximum atomic E-state index is 10.4. The molecule has 0 aliphatic heterocycles. The van der Waals surface area contributed by atoms with Gasteiger partial charge in [-0.3, -0.25) is 0 Å². The minimum Gasteiger partial charge on any atom is -0.393 e. The van der Waals surface area contributed by atoms with Gasteiger partial charge in [0.15, 0.2) is 0 Å². The molecule has 13 heavy (non-hydrogen) atoms. The Labute approximate surface area is 83.6 Å². The quantitative estimate of drug-likeness (QED) is 0.678. The van der Waals surface area contributed by atoms with E-state index in [9.17, 15) is 5.11 Å². The van der Waals surface area contributed by atoms with Gasteiger partial charge in [-0.2, -0.15) is 0 Å². The van der Waals surface area contributed by atoms with E-state index in [2.05, 4.69) is 26.6 Å². The third-order valence-corrected chi connectivity index (χ3v) is 6.59. The highest BCUT2D eigenvalue weighted by atomic mass is 28.3. The standard InChI is InChI=1S/C11H23OSi/c1-11(12,13(2,3)4)10-8-6-5-7-9-10/h10,12H,1,5-9H2,2-4H3. The van der Waals surface area contributed by atoms with E-state index in [1.54, 1.807) is 0 Å². The van der Waals surface area contributed by atoms with Crippen LogP contribution < -0.4 is 0 Å². The molecule has 1 nitrogen and oxygen atoms in total. The number of hydrogen-bond donors (Lipinski definition) is 1. The average Bonchev–Trinajstić information content (AvgIpc) is 2.04. The predicted octanol–water partition coefficient (Wildman–Crippen LogP) is 3.01. The minimum atomic E-state index is -1.53. The summed E-state index contributed by atoms with van der Waals surface area (Å²) in [6.45, 7) is 10.7. The van der Waals surface area contributed by atoms with Crippen molar-refractivity contribution in [1.29, 1.82) is 0 Å². The van der Waals surface area contributed by atoms with Crippen molar-refractivity contribution in [1.82, 2.24) is 0 Å². The molecule has 0 aromatic rings. The lowest BCUT2D eigenvalue weighted by Crippen LogP contribution is -2.55. The molecule has 1 aliphatic carbocycles. The van der Waals surface area contributed by atoms with Crippen LogP contribution in [0.2, 0.25) is 19.6 Å². The molecule has 0 heterocycles. The summed E-state index contributed by atoms with van der Waals surface area (Å²) in [7, 11) is -1.53. The molecule has 1 radical (unpaired) electrons. The van der Waals surface area contributed by atoms with Crippen LogP contribution >= 0.6 is 0 Å². The van der Waals surface area contributed by atoms with Crippen molar-refractivity contribution in [3.05, 3.63) is 6.92 Å². The first-order valence-electron chi connectivity index (χ1n) is 5.43. The summed E-state index contributed by atoms with van der Waals surface area (Å²) >= 11 is 0. The Morgan fingerprint density at radius 2 is 1.62 bits per heavy atom. The van der Waals surface area contributed by atoms with E-state index in [1.165, 1.54) is 32.1 Å². The fourth-order valence-corrected chi connectivity index (χ4v) is 3.71. The summed E-state index contributed by atoms with van der Waals surface area (Å²) in [4.78, 5) is 0. The Bertz CT molecular complexity index is 163. The predicted molar refractivity (Wildman–Crippen MR) is 60.2 cm³/mol. The fraction of sp³-hybridized carbons (Fsp3) is 0.909. The summed E-state index contributed by atoms with van der Waals surface area (Å²) in [5.41, 5.74) is 0. The van der Waals surface area contributed by atoms with Gasteiger partial charge >= 0.3 is 0 Å². The van der Waals surface area contributed by atoms with E-state index >= 15 is 0 Å². The molecule has 0 bridgehead atoms. The summed E-state index contributed by atoms with van der Waals surface area (Å²) < 4.78 is 0. The average molecular weight is 199 g/mol. The lowest BCUT2D eigenvalue weighted by atomic mass is 9.85. The van der Waals surface area contributed by atoms with E-state index in [0.717, 1.165) is 0 Å². The van der Waals surface area contributed by atoms with Crippen LogP contribution in [0.3, 0.4) is 0 Å². The third kappa shape index (κ3) is 2.35. The fourth-order valence-electron chi connectivity index (χ4n) is 2.19. The Balaban J connectivity index is 2.67. The minimum absolute atomic E-state index is 0.466. The van der Waals surface area contributed by atoms with E-state index in [-0.39, 0.29) is 0 Å². The molecule has 0 aromatic heterocycles. The Hall–Kier alpha value is 0.177. The Kier molecular flexibility index (Phi) is 3.23. The topological polar surface area (TPSA) is 20.2 Å². The number of hydrogen-bond acceptors (Lipinski definition) is 1. The van der Waals surface area contributed by atoms with Crippen LogP contribution in [0.1, 0.15) is 32.1 Å². The third-order valence-electron chi connectivity index (χ3n) is 3.58. The molecule has 1 N–H and O–H groups in total. The molecule has 1 unspecified atom stereocenters. The van der Waals surface area contributed by atoms with Gasteiger partial charge in [-0.1, -0.05) is 38.9 Å². The van der Waals surface area contributed by atoms with Gasteiger partial charge in [0.25, 0.3) is 0 Å². The molecule has 77 valence electrons. The smallest absolute Gasteiger partial charge is 0.0824 e. The van der Waals surface area contributed by atoms with Crippen molar-refractivity contribution in [2.45, 2.75) is 57.0 Å². The van der Waals surface area contributed by atoms with E-state index in [1.807, 2.05) is 0 Å². The van der Waals surface area contributed by atoms with Crippen LogP contribution in [-0.4, -0.2) is 18.4 Å². The summed E-state index contributed by atoms with van der Waals surface area (Å²) in [5.74, 6) is 0.466. The van der Waals surface area contributed by atoms with Crippen LogP contribution in [0.25, 0.3) is 0 Å². The number of aliphatic hydroxyl groups is 1. The Morgan fingerprint density at radius 1 is 1.15 bits per heavy atom. The second-order valence-electron chi connectivity index (χ2n) is 5.51. The zero-order chi connectivity index (χ0) is 10.1. The lowest BCUT2D eigenvalue weighted by molar-refractivity contribution is 0.0722. The van der Waals surface area contributed by atoms with Crippen LogP contribution in [0, 0.1) is 12.8 Å². The van der Waals surface area contributed by atoms with Gasteiger partial charge in [0.2, 0.25) is 0 Å². The number of rotatable bonds is 2. The summed E-state index contributed by atoms with van der Waals surface area (Å²) in [5, 5.41) is 9.82. The van der Waals surface area contributed by atoms with Crippen LogP contribution in [0.5, 0.6) is 0 Å². The van der Waals surface area contributed by atoms with Gasteiger partial charge in [-0.05, 0) is 25.7 Å². The van der Waals surface area contributed by atoms with Crippen molar-refractivity contribution in [2.75, 3.05) is 0 Å². The van der Waals surface area contributed by atoms with Gasteiger partial charge in [0.1, 0.15) is 0 Å². The maximum Gasteiger partial charge on any atom is 0.0824 e. The first-order chi connectivity index (χ1) is 5.86. The van der Waals surface area contributed by atoms with E-state index in [0.29, 0.717) is 5.92 Å². The van der Waals surface area contributed by atoms with Gasteiger partial charge in [0, 0.05) is 0 Å². The highest BCUT2D eigenvalue weighted by Crippen LogP contribution is 2.37. The molecule has 1 fully saturated rings. The maximum absolute atomic E-state index is 10.4. The summed E-state index contributed by atoms with van der Waals surface area (Å²) in [6.07, 6.45) is 6.28. The van der Waals surface area contributed by atoms with Crippen molar-refractivity contribution >= 4 is 8.07 Å². The molecular weight excluding hydrogens is 176 g/mol. The largest absolute Gasteiger partial charge is 0.393 e.